The largest absolute Gasteiger partial charge is 0.479 e. The molecule has 0 aliphatic carbocycles. The van der Waals surface area contributed by atoms with Crippen molar-refractivity contribution in [1.29, 1.82) is 0 Å². The van der Waals surface area contributed by atoms with Gasteiger partial charge in [0.1, 0.15) is 42.3 Å². The first kappa shape index (κ1) is 30.1. The molecular formula is C13H23NO18S3. The van der Waals surface area contributed by atoms with E-state index in [2.05, 4.69) is 0 Å². The summed E-state index contributed by atoms with van der Waals surface area (Å²) >= 11 is 0. The summed E-state index contributed by atoms with van der Waals surface area (Å²) in [4.78, 5) is 11.5. The van der Waals surface area contributed by atoms with Crippen molar-refractivity contribution in [2.45, 2.75) is 60.5 Å². The number of carboxylic acids is 1. The van der Waals surface area contributed by atoms with Gasteiger partial charge in [-0.05, 0) is 0 Å². The Kier molecular flexibility index (Phi) is 9.21. The van der Waals surface area contributed by atoms with Crippen LogP contribution in [0.5, 0.6) is 0 Å². The Morgan fingerprint density at radius 2 is 1.51 bits per heavy atom. The minimum atomic E-state index is -5.35. The predicted molar refractivity (Wildman–Crippen MR) is 105 cm³/mol. The number of methoxy groups -OCH3 is 1. The highest BCUT2D eigenvalue weighted by Gasteiger charge is 2.57. The summed E-state index contributed by atoms with van der Waals surface area (Å²) < 4.78 is 118. The molecule has 2 aliphatic heterocycles. The number of ether oxygens (including phenoxy) is 4. The lowest BCUT2D eigenvalue weighted by atomic mass is 9.97. The first-order valence-corrected chi connectivity index (χ1v) is 13.7. The third-order valence-corrected chi connectivity index (χ3v) is 7.53. The summed E-state index contributed by atoms with van der Waals surface area (Å²) in [7, 11) is -14.6. The van der Waals surface area contributed by atoms with E-state index >= 15 is 0 Å². The van der Waals surface area contributed by atoms with Crippen molar-refractivity contribution in [2.75, 3.05) is 12.9 Å². The lowest BCUT2D eigenvalue weighted by Crippen LogP contribution is -2.68. The highest BCUT2D eigenvalue weighted by molar-refractivity contribution is 7.86. The van der Waals surface area contributed by atoms with Crippen LogP contribution in [0.15, 0.2) is 0 Å². The van der Waals surface area contributed by atoms with Gasteiger partial charge < -0.3 is 39.4 Å². The Morgan fingerprint density at radius 3 is 1.94 bits per heavy atom. The zero-order valence-electron chi connectivity index (χ0n) is 17.3. The molecule has 0 aromatic heterocycles. The Bertz CT molecular complexity index is 1090. The van der Waals surface area contributed by atoms with Crippen LogP contribution < -0.4 is 4.72 Å². The fourth-order valence-electron chi connectivity index (χ4n) is 3.61. The molecule has 2 saturated heterocycles. The number of carboxylic acid groups (broad SMARTS) is 1. The molecule has 35 heavy (non-hydrogen) atoms. The molecule has 2 fully saturated rings. The van der Waals surface area contributed by atoms with Crippen molar-refractivity contribution in [3.8, 4) is 0 Å². The van der Waals surface area contributed by atoms with Crippen molar-refractivity contribution >= 4 is 36.5 Å². The van der Waals surface area contributed by atoms with Crippen molar-refractivity contribution < 1.29 is 83.1 Å². The molecule has 0 spiro atoms. The van der Waals surface area contributed by atoms with E-state index in [0.29, 0.717) is 0 Å². The number of aliphatic hydroxyl groups is 3. The van der Waals surface area contributed by atoms with Crippen LogP contribution in [0.2, 0.25) is 0 Å². The molecule has 0 radical (unpaired) electrons. The molecule has 0 bridgehead atoms. The number of aliphatic carboxylic acids is 1. The highest BCUT2D eigenvalue weighted by Crippen LogP contribution is 2.32. The van der Waals surface area contributed by atoms with Crippen molar-refractivity contribution in [2.24, 2.45) is 0 Å². The van der Waals surface area contributed by atoms with Gasteiger partial charge in [0, 0.05) is 7.11 Å². The van der Waals surface area contributed by atoms with Gasteiger partial charge in [-0.2, -0.15) is 30.0 Å². The average Bonchev–Trinajstić information content (AvgIpc) is 2.64. The number of rotatable bonds is 9. The van der Waals surface area contributed by atoms with Gasteiger partial charge in [0.25, 0.3) is 20.2 Å². The van der Waals surface area contributed by atoms with Crippen molar-refractivity contribution in [3.05, 3.63) is 0 Å². The van der Waals surface area contributed by atoms with Crippen LogP contribution in [-0.4, -0.2) is 139 Å². The van der Waals surface area contributed by atoms with Crippen LogP contribution in [0.1, 0.15) is 0 Å². The molecule has 19 nitrogen and oxygen atoms in total. The standard InChI is InChI=1S/C13H23NO18S3/c1-29-8-6(16)10(34(23,24)25)13(32-9(8)11(17)18)31-7-3(2-33(20,21)22)30-12(19)4(5(7)15)14-35(26,27)28/h3-10,12-16,19H,2H2,1H3,(H,17,18)(H,20,21,22)(H,23,24,25)(H,26,27,28)/t3?,4?,5-,6+,7-,8+,9?,10?,12-,13-/m1/s1. The second kappa shape index (κ2) is 10.7. The molecule has 4 unspecified atom stereocenters. The molecule has 0 amide bonds. The summed E-state index contributed by atoms with van der Waals surface area (Å²) in [5, 5.41) is 37.6. The summed E-state index contributed by atoms with van der Waals surface area (Å²) in [5.41, 5.74) is 0. The maximum absolute atomic E-state index is 11.9. The van der Waals surface area contributed by atoms with Gasteiger partial charge >= 0.3 is 16.3 Å². The fourth-order valence-corrected chi connectivity index (χ4v) is 5.81. The molecule has 22 heteroatoms. The summed E-state index contributed by atoms with van der Waals surface area (Å²) in [6, 6.07) is -2.19. The van der Waals surface area contributed by atoms with Crippen LogP contribution in [-0.2, 0) is 54.3 Å². The molecular weight excluding hydrogens is 554 g/mol. The first-order valence-electron chi connectivity index (χ1n) is 9.19. The Balaban J connectivity index is 2.52. The third kappa shape index (κ3) is 7.45. The van der Waals surface area contributed by atoms with Crippen LogP contribution in [0.4, 0.5) is 0 Å². The maximum Gasteiger partial charge on any atom is 0.335 e. The van der Waals surface area contributed by atoms with Gasteiger partial charge in [-0.1, -0.05) is 0 Å². The second-order valence-electron chi connectivity index (χ2n) is 7.46. The summed E-state index contributed by atoms with van der Waals surface area (Å²) in [6.07, 6.45) is -18.0. The Hall–Kier alpha value is -1.12. The lowest BCUT2D eigenvalue weighted by molar-refractivity contribution is -0.310. The maximum atomic E-state index is 11.9. The molecule has 8 N–H and O–H groups in total. The van der Waals surface area contributed by atoms with E-state index < -0.39 is 103 Å². The number of aliphatic hydroxyl groups excluding tert-OH is 3. The number of hydrogen-bond donors (Lipinski definition) is 8. The smallest absolute Gasteiger partial charge is 0.335 e. The van der Waals surface area contributed by atoms with Crippen LogP contribution in [0.25, 0.3) is 0 Å². The van der Waals surface area contributed by atoms with Gasteiger partial charge in [-0.25, -0.2) is 4.79 Å². The normalized spacial score (nSPS) is 39.3. The molecule has 10 atom stereocenters. The van der Waals surface area contributed by atoms with E-state index in [0.717, 1.165) is 7.11 Å². The van der Waals surface area contributed by atoms with Gasteiger partial charge in [-0.15, -0.1) is 0 Å². The first-order chi connectivity index (χ1) is 15.8. The molecule has 2 rings (SSSR count). The van der Waals surface area contributed by atoms with Gasteiger partial charge in [0.05, 0.1) is 0 Å². The highest BCUT2D eigenvalue weighted by atomic mass is 32.2. The lowest BCUT2D eigenvalue weighted by Gasteiger charge is -2.46. The second-order valence-corrected chi connectivity index (χ2v) is 11.7. The van der Waals surface area contributed by atoms with Crippen LogP contribution >= 0.6 is 0 Å². The predicted octanol–water partition coefficient (Wildman–Crippen LogP) is -5.46. The minimum absolute atomic E-state index is 0.878. The van der Waals surface area contributed by atoms with E-state index in [-0.39, 0.29) is 0 Å². The molecule has 2 aliphatic rings. The zero-order valence-corrected chi connectivity index (χ0v) is 19.8. The van der Waals surface area contributed by atoms with Crippen molar-refractivity contribution in [1.82, 2.24) is 4.72 Å². The van der Waals surface area contributed by atoms with Crippen LogP contribution in [0.3, 0.4) is 0 Å². The number of nitrogens with one attached hydrogen (secondary N) is 1. The molecule has 0 saturated carbocycles. The fraction of sp³-hybridized carbons (Fsp3) is 0.923. The van der Waals surface area contributed by atoms with E-state index in [1.54, 1.807) is 0 Å². The third-order valence-electron chi connectivity index (χ3n) is 5.02. The zero-order chi connectivity index (χ0) is 27.1. The van der Waals surface area contributed by atoms with E-state index in [9.17, 15) is 55.0 Å². The topological polar surface area (TPSA) is 310 Å². The summed E-state index contributed by atoms with van der Waals surface area (Å²) in [6.45, 7) is 0. The SMILES string of the molecule is CO[C@@H]1C(C(=O)O)O[C@@H](O[C@@H]2C(CS(=O)(=O)O)O[C@@H](O)C(NS(=O)(=O)O)[C@H]2O)C(S(=O)(=O)O)[C@H]1O. The van der Waals surface area contributed by atoms with E-state index in [4.69, 9.17) is 28.1 Å². The average molecular weight is 578 g/mol. The minimum Gasteiger partial charge on any atom is -0.479 e. The molecule has 2 heterocycles. The molecule has 0 aromatic rings. The molecule has 0 aromatic carbocycles. The van der Waals surface area contributed by atoms with Gasteiger partial charge in [0.2, 0.25) is 0 Å². The summed E-state index contributed by atoms with van der Waals surface area (Å²) in [5.74, 6) is -3.26. The quantitative estimate of drug-likeness (QED) is 0.118. The van der Waals surface area contributed by atoms with E-state index in [1.807, 2.05) is 0 Å². The van der Waals surface area contributed by atoms with Crippen LogP contribution in [0, 0.1) is 0 Å². The van der Waals surface area contributed by atoms with Gasteiger partial charge in [-0.3, -0.25) is 13.7 Å². The van der Waals surface area contributed by atoms with Gasteiger partial charge in [0.15, 0.2) is 23.9 Å². The Morgan fingerprint density at radius 1 is 0.943 bits per heavy atom. The Labute approximate surface area is 197 Å². The number of hydrogen-bond acceptors (Lipinski definition) is 14. The molecule has 206 valence electrons. The number of carbonyl (C=O) groups is 1. The van der Waals surface area contributed by atoms with Crippen molar-refractivity contribution in [3.63, 3.8) is 0 Å². The monoisotopic (exact) mass is 577 g/mol. The van der Waals surface area contributed by atoms with E-state index in [1.165, 1.54) is 4.72 Å².